The fourth-order valence-corrected chi connectivity index (χ4v) is 2.47. The minimum Gasteiger partial charge on any atom is -0.458 e. The summed E-state index contributed by atoms with van der Waals surface area (Å²) in [5, 5.41) is 5.90. The van der Waals surface area contributed by atoms with Gasteiger partial charge in [0.25, 0.3) is 0 Å². The molecule has 0 bridgehead atoms. The number of ether oxygens (including phenoxy) is 3. The van der Waals surface area contributed by atoms with E-state index < -0.39 is 34.9 Å². The molecule has 2 amide bonds. The second-order valence-electron chi connectivity index (χ2n) is 10.9. The molecule has 2 N–H and O–H groups in total. The number of nitrogens with zero attached hydrogens (tertiary/aromatic N) is 1. The lowest BCUT2D eigenvalue weighted by atomic mass is 10.1. The van der Waals surface area contributed by atoms with Crippen molar-refractivity contribution in [3.63, 3.8) is 0 Å². The van der Waals surface area contributed by atoms with Crippen LogP contribution in [0.3, 0.4) is 0 Å². The maximum Gasteiger partial charge on any atom is 0.410 e. The number of nitrogens with one attached hydrogen (secondary N) is 2. The third-order valence-electron chi connectivity index (χ3n) is 3.81. The number of rotatable bonds is 10. The van der Waals surface area contributed by atoms with Crippen molar-refractivity contribution in [1.82, 2.24) is 15.5 Å². The number of amides is 2. The van der Waals surface area contributed by atoms with Crippen LogP contribution in [0.5, 0.6) is 0 Å². The average molecular weight is 460 g/mol. The maximum atomic E-state index is 12.5. The van der Waals surface area contributed by atoms with Gasteiger partial charge in [0.1, 0.15) is 22.8 Å². The highest BCUT2D eigenvalue weighted by molar-refractivity contribution is 5.81. The molecule has 0 aliphatic heterocycles. The van der Waals surface area contributed by atoms with Gasteiger partial charge < -0.3 is 29.7 Å². The largest absolute Gasteiger partial charge is 0.458 e. The Kier molecular flexibility index (Phi) is 12.1. The Labute approximate surface area is 193 Å². The van der Waals surface area contributed by atoms with Crippen LogP contribution in [0.4, 0.5) is 9.59 Å². The molecule has 0 rings (SSSR count). The van der Waals surface area contributed by atoms with Crippen molar-refractivity contribution < 1.29 is 28.6 Å². The van der Waals surface area contributed by atoms with Crippen molar-refractivity contribution in [2.75, 3.05) is 26.7 Å². The van der Waals surface area contributed by atoms with Gasteiger partial charge in [-0.1, -0.05) is 0 Å². The van der Waals surface area contributed by atoms with Crippen molar-refractivity contribution in [3.05, 3.63) is 0 Å². The van der Waals surface area contributed by atoms with E-state index in [1.165, 1.54) is 4.90 Å². The highest BCUT2D eigenvalue weighted by Gasteiger charge is 2.28. The van der Waals surface area contributed by atoms with Crippen LogP contribution in [0.15, 0.2) is 0 Å². The molecule has 0 unspecified atom stereocenters. The van der Waals surface area contributed by atoms with Crippen molar-refractivity contribution in [1.29, 1.82) is 0 Å². The van der Waals surface area contributed by atoms with Gasteiger partial charge in [-0.15, -0.1) is 0 Å². The molecule has 0 aromatic rings. The number of likely N-dealkylation sites (N-methyl/N-ethyl adjacent to an activating group) is 1. The number of hydrogen-bond donors (Lipinski definition) is 2. The normalized spacial score (nSPS) is 13.2. The summed E-state index contributed by atoms with van der Waals surface area (Å²) in [5.74, 6) is -0.477. The Balaban J connectivity index is 4.42. The van der Waals surface area contributed by atoms with E-state index in [-0.39, 0.29) is 6.09 Å². The number of hydrogen-bond acceptors (Lipinski definition) is 7. The number of esters is 1. The lowest BCUT2D eigenvalue weighted by molar-refractivity contribution is -0.157. The van der Waals surface area contributed by atoms with Crippen LogP contribution in [-0.2, 0) is 19.0 Å². The zero-order valence-corrected chi connectivity index (χ0v) is 21.7. The molecule has 0 aliphatic carbocycles. The topological polar surface area (TPSA) is 106 Å². The minimum atomic E-state index is -0.776. The first-order valence-corrected chi connectivity index (χ1v) is 11.3. The highest BCUT2D eigenvalue weighted by Crippen LogP contribution is 2.13. The van der Waals surface area contributed by atoms with E-state index in [0.29, 0.717) is 25.9 Å². The van der Waals surface area contributed by atoms with Crippen LogP contribution >= 0.6 is 0 Å². The van der Waals surface area contributed by atoms with Gasteiger partial charge in [-0.25, -0.2) is 14.4 Å². The zero-order chi connectivity index (χ0) is 25.2. The molecule has 0 radical (unpaired) electrons. The van der Waals surface area contributed by atoms with Crippen molar-refractivity contribution >= 4 is 18.2 Å². The van der Waals surface area contributed by atoms with Crippen molar-refractivity contribution in [2.45, 2.75) is 104 Å². The SMILES string of the molecule is CN(CCNCCCC[C@H](NC(=O)OC(C)(C)C)C(=O)OC(C)(C)C)C(=O)OC(C)(C)C. The smallest absolute Gasteiger partial charge is 0.410 e. The Morgan fingerprint density at radius 3 is 1.81 bits per heavy atom. The third-order valence-corrected chi connectivity index (χ3v) is 3.81. The molecule has 9 heteroatoms. The second-order valence-corrected chi connectivity index (χ2v) is 10.9. The predicted molar refractivity (Wildman–Crippen MR) is 125 cm³/mol. The lowest BCUT2D eigenvalue weighted by Gasteiger charge is -2.26. The number of carbonyl (C=O) groups excluding carboxylic acids is 3. The quantitative estimate of drug-likeness (QED) is 0.290. The Hall–Kier alpha value is -2.03. The van der Waals surface area contributed by atoms with E-state index >= 15 is 0 Å². The van der Waals surface area contributed by atoms with Crippen molar-refractivity contribution in [2.24, 2.45) is 0 Å². The number of unbranched alkanes of at least 4 members (excludes halogenated alkanes) is 1. The molecule has 0 aromatic heterocycles. The van der Waals surface area contributed by atoms with E-state index in [1.807, 2.05) is 20.8 Å². The zero-order valence-electron chi connectivity index (χ0n) is 21.7. The fourth-order valence-electron chi connectivity index (χ4n) is 2.47. The van der Waals surface area contributed by atoms with Gasteiger partial charge in [-0.3, -0.25) is 0 Å². The van der Waals surface area contributed by atoms with Crippen LogP contribution in [0.25, 0.3) is 0 Å². The summed E-state index contributed by atoms with van der Waals surface area (Å²) in [4.78, 5) is 38.1. The summed E-state index contributed by atoms with van der Waals surface area (Å²) in [7, 11) is 1.70. The van der Waals surface area contributed by atoms with Gasteiger partial charge in [-0.05, 0) is 88.1 Å². The standard InChI is InChI=1S/C23H45N3O6/c1-21(2,3)30-18(27)17(25-19(28)31-22(4,5)6)13-11-12-14-24-15-16-26(10)20(29)32-23(7,8)9/h17,24H,11-16H2,1-10H3,(H,25,28)/t17-/m0/s1. The first-order chi connectivity index (χ1) is 14.4. The number of carbonyl (C=O) groups is 3. The van der Waals surface area contributed by atoms with E-state index in [0.717, 1.165) is 13.0 Å². The highest BCUT2D eigenvalue weighted by atomic mass is 16.6. The van der Waals surface area contributed by atoms with E-state index in [9.17, 15) is 14.4 Å². The van der Waals surface area contributed by atoms with Gasteiger partial charge in [0.15, 0.2) is 0 Å². The molecule has 0 saturated heterocycles. The van der Waals surface area contributed by atoms with Gasteiger partial charge in [0.2, 0.25) is 0 Å². The van der Waals surface area contributed by atoms with Crippen LogP contribution in [0, 0.1) is 0 Å². The average Bonchev–Trinajstić information content (AvgIpc) is 2.54. The summed E-state index contributed by atoms with van der Waals surface area (Å²) in [6.07, 6.45) is 0.942. The summed E-state index contributed by atoms with van der Waals surface area (Å²) in [6, 6.07) is -0.776. The van der Waals surface area contributed by atoms with Gasteiger partial charge >= 0.3 is 18.2 Å². The monoisotopic (exact) mass is 459 g/mol. The van der Waals surface area contributed by atoms with Gasteiger partial charge in [0, 0.05) is 20.1 Å². The molecule has 0 aliphatic rings. The van der Waals surface area contributed by atoms with Crippen molar-refractivity contribution in [3.8, 4) is 0 Å². The molecule has 188 valence electrons. The second kappa shape index (κ2) is 12.9. The van der Waals surface area contributed by atoms with E-state index in [1.54, 1.807) is 48.6 Å². The first-order valence-electron chi connectivity index (χ1n) is 11.3. The Bertz CT molecular complexity index is 602. The molecule has 1 atom stereocenters. The fraction of sp³-hybridized carbons (Fsp3) is 0.870. The molecule has 0 heterocycles. The first kappa shape index (κ1) is 30.0. The summed E-state index contributed by atoms with van der Waals surface area (Å²) >= 11 is 0. The van der Waals surface area contributed by atoms with Gasteiger partial charge in [0.05, 0.1) is 0 Å². The summed E-state index contributed by atoms with van der Waals surface area (Å²) < 4.78 is 16.0. The van der Waals surface area contributed by atoms with Crippen LogP contribution in [0.1, 0.15) is 81.6 Å². The van der Waals surface area contributed by atoms with Crippen LogP contribution in [0.2, 0.25) is 0 Å². The van der Waals surface area contributed by atoms with E-state index in [4.69, 9.17) is 14.2 Å². The van der Waals surface area contributed by atoms with E-state index in [2.05, 4.69) is 10.6 Å². The Morgan fingerprint density at radius 1 is 0.781 bits per heavy atom. The van der Waals surface area contributed by atoms with Gasteiger partial charge in [-0.2, -0.15) is 0 Å². The molecule has 32 heavy (non-hydrogen) atoms. The lowest BCUT2D eigenvalue weighted by Crippen LogP contribution is -2.46. The van der Waals surface area contributed by atoms with Crippen LogP contribution < -0.4 is 10.6 Å². The molecule has 0 aromatic carbocycles. The van der Waals surface area contributed by atoms with Crippen LogP contribution in [-0.4, -0.2) is 72.6 Å². The maximum absolute atomic E-state index is 12.5. The molecule has 0 fully saturated rings. The number of alkyl carbamates (subject to hydrolysis) is 1. The minimum absolute atomic E-state index is 0.354. The molecular formula is C23H45N3O6. The Morgan fingerprint density at radius 2 is 1.31 bits per heavy atom. The molecular weight excluding hydrogens is 414 g/mol. The molecule has 0 spiro atoms. The molecule has 0 saturated carbocycles. The predicted octanol–water partition coefficient (Wildman–Crippen LogP) is 3.85. The molecule has 9 nitrogen and oxygen atoms in total. The summed E-state index contributed by atoms with van der Waals surface area (Å²) in [5.41, 5.74) is -1.82. The summed E-state index contributed by atoms with van der Waals surface area (Å²) in [6.45, 7) is 18.0. The third kappa shape index (κ3) is 16.6.